The number of nitrogens with zero attached hydrogens (tertiary/aromatic N) is 1. The minimum atomic E-state index is -0.101. The Kier molecular flexibility index (Phi) is 10.4. The van der Waals surface area contributed by atoms with Crippen molar-refractivity contribution in [2.75, 3.05) is 46.1 Å². The van der Waals surface area contributed by atoms with Gasteiger partial charge in [-0.25, -0.2) is 0 Å². The van der Waals surface area contributed by atoms with E-state index in [9.17, 15) is 5.11 Å². The van der Waals surface area contributed by atoms with Crippen molar-refractivity contribution in [1.29, 1.82) is 0 Å². The number of nitrogens with two attached hydrogens (primary N) is 1. The number of rotatable bonds is 11. The summed E-state index contributed by atoms with van der Waals surface area (Å²) in [5.74, 6) is 0. The van der Waals surface area contributed by atoms with Gasteiger partial charge in [0.2, 0.25) is 0 Å². The molecule has 5 nitrogen and oxygen atoms in total. The van der Waals surface area contributed by atoms with Crippen molar-refractivity contribution < 1.29 is 14.6 Å². The average Bonchev–Trinajstić information content (AvgIpc) is 2.38. The third-order valence-corrected chi connectivity index (χ3v) is 3.52. The molecule has 0 heterocycles. The Morgan fingerprint density at radius 3 is 1.80 bits per heavy atom. The molecule has 0 saturated carbocycles. The van der Waals surface area contributed by atoms with Crippen LogP contribution in [0.1, 0.15) is 34.6 Å². The van der Waals surface area contributed by atoms with Gasteiger partial charge in [0, 0.05) is 38.4 Å². The summed E-state index contributed by atoms with van der Waals surface area (Å²) in [7, 11) is 0. The van der Waals surface area contributed by atoms with E-state index < -0.39 is 0 Å². The fraction of sp³-hybridized carbons (Fsp3) is 1.00. The topological polar surface area (TPSA) is 68.0 Å². The molecule has 0 aliphatic heterocycles. The molecule has 3 N–H and O–H groups in total. The quantitative estimate of drug-likeness (QED) is 0.558. The van der Waals surface area contributed by atoms with Gasteiger partial charge in [-0.05, 0) is 19.3 Å². The Hall–Kier alpha value is -0.200. The molecule has 20 heavy (non-hydrogen) atoms. The number of ether oxygens (including phenoxy) is 2. The van der Waals surface area contributed by atoms with Gasteiger partial charge in [0.1, 0.15) is 0 Å². The van der Waals surface area contributed by atoms with Gasteiger partial charge in [-0.1, -0.05) is 20.8 Å². The van der Waals surface area contributed by atoms with Gasteiger partial charge in [-0.3, -0.25) is 4.90 Å². The normalized spacial score (nSPS) is 15.6. The number of hydrogen-bond acceptors (Lipinski definition) is 5. The largest absolute Gasteiger partial charge is 0.395 e. The maximum absolute atomic E-state index is 9.74. The van der Waals surface area contributed by atoms with Crippen LogP contribution in [0.5, 0.6) is 0 Å². The van der Waals surface area contributed by atoms with Crippen LogP contribution in [0, 0.1) is 5.41 Å². The first-order valence-corrected chi connectivity index (χ1v) is 7.64. The van der Waals surface area contributed by atoms with Crippen molar-refractivity contribution >= 4 is 0 Å². The van der Waals surface area contributed by atoms with Crippen molar-refractivity contribution in [3.63, 3.8) is 0 Å². The zero-order valence-electron chi connectivity index (χ0n) is 13.9. The Morgan fingerprint density at radius 2 is 1.50 bits per heavy atom. The SMILES string of the molecule is CCOCCN(CCOCC)C(CO)C(N)C(C)(C)C. The predicted molar refractivity (Wildman–Crippen MR) is 82.9 cm³/mol. The minimum absolute atomic E-state index is 0.0523. The van der Waals surface area contributed by atoms with E-state index in [2.05, 4.69) is 25.7 Å². The van der Waals surface area contributed by atoms with E-state index in [4.69, 9.17) is 15.2 Å². The highest BCUT2D eigenvalue weighted by molar-refractivity contribution is 4.89. The lowest BCUT2D eigenvalue weighted by atomic mass is 9.82. The van der Waals surface area contributed by atoms with Gasteiger partial charge in [0.05, 0.1) is 19.8 Å². The Morgan fingerprint density at radius 1 is 1.05 bits per heavy atom. The summed E-state index contributed by atoms with van der Waals surface area (Å²) in [4.78, 5) is 2.18. The zero-order valence-corrected chi connectivity index (χ0v) is 13.9. The van der Waals surface area contributed by atoms with Crippen LogP contribution >= 0.6 is 0 Å². The van der Waals surface area contributed by atoms with Gasteiger partial charge in [0.25, 0.3) is 0 Å². The first kappa shape index (κ1) is 19.8. The van der Waals surface area contributed by atoms with Gasteiger partial charge >= 0.3 is 0 Å². The summed E-state index contributed by atoms with van der Waals surface area (Å²) in [6.45, 7) is 14.5. The Labute approximate surface area is 124 Å². The average molecular weight is 290 g/mol. The van der Waals surface area contributed by atoms with Crippen LogP contribution in [0.3, 0.4) is 0 Å². The molecule has 0 radical (unpaired) electrons. The molecule has 5 heteroatoms. The van der Waals surface area contributed by atoms with E-state index in [-0.39, 0.29) is 24.1 Å². The number of hydrogen-bond donors (Lipinski definition) is 2. The molecule has 0 bridgehead atoms. The van der Waals surface area contributed by atoms with Crippen molar-refractivity contribution in [2.45, 2.75) is 46.7 Å². The summed E-state index contributed by atoms with van der Waals surface area (Å²) in [5, 5.41) is 9.74. The molecule has 0 aromatic rings. The van der Waals surface area contributed by atoms with Crippen molar-refractivity contribution in [2.24, 2.45) is 11.1 Å². The fourth-order valence-corrected chi connectivity index (χ4v) is 2.13. The summed E-state index contributed by atoms with van der Waals surface area (Å²) in [5.41, 5.74) is 6.28. The second kappa shape index (κ2) is 10.5. The molecule has 0 aromatic heterocycles. The zero-order chi connectivity index (χ0) is 15.6. The lowest BCUT2D eigenvalue weighted by molar-refractivity contribution is 0.0222. The van der Waals surface area contributed by atoms with E-state index in [1.165, 1.54) is 0 Å². The van der Waals surface area contributed by atoms with Crippen LogP contribution in [-0.4, -0.2) is 68.2 Å². The highest BCUT2D eigenvalue weighted by Gasteiger charge is 2.32. The van der Waals surface area contributed by atoms with Gasteiger partial charge < -0.3 is 20.3 Å². The molecular weight excluding hydrogens is 256 g/mol. The molecule has 0 fully saturated rings. The Bertz CT molecular complexity index is 222. The van der Waals surface area contributed by atoms with Crippen LogP contribution in [0.15, 0.2) is 0 Å². The highest BCUT2D eigenvalue weighted by Crippen LogP contribution is 2.22. The van der Waals surface area contributed by atoms with E-state index in [1.807, 2.05) is 13.8 Å². The van der Waals surface area contributed by atoms with Gasteiger partial charge in [-0.15, -0.1) is 0 Å². The molecule has 0 amide bonds. The van der Waals surface area contributed by atoms with Crippen LogP contribution in [-0.2, 0) is 9.47 Å². The summed E-state index contributed by atoms with van der Waals surface area (Å²) >= 11 is 0. The second-order valence-corrected chi connectivity index (χ2v) is 6.07. The Balaban J connectivity index is 4.65. The van der Waals surface area contributed by atoms with Crippen LogP contribution < -0.4 is 5.73 Å². The molecule has 0 rings (SSSR count). The summed E-state index contributed by atoms with van der Waals surface area (Å²) in [6.07, 6.45) is 0. The second-order valence-electron chi connectivity index (χ2n) is 6.07. The monoisotopic (exact) mass is 290 g/mol. The van der Waals surface area contributed by atoms with Crippen molar-refractivity contribution in [3.8, 4) is 0 Å². The maximum Gasteiger partial charge on any atom is 0.0602 e. The first-order valence-electron chi connectivity index (χ1n) is 7.64. The molecule has 122 valence electrons. The van der Waals surface area contributed by atoms with E-state index >= 15 is 0 Å². The molecule has 2 unspecified atom stereocenters. The molecule has 0 saturated heterocycles. The van der Waals surface area contributed by atoms with E-state index in [0.29, 0.717) is 26.4 Å². The predicted octanol–water partition coefficient (Wildman–Crippen LogP) is 1.10. The van der Waals surface area contributed by atoms with Gasteiger partial charge in [0.15, 0.2) is 0 Å². The fourth-order valence-electron chi connectivity index (χ4n) is 2.13. The molecule has 0 aliphatic carbocycles. The lowest BCUT2D eigenvalue weighted by Gasteiger charge is -2.40. The molecular formula is C15H34N2O3. The third-order valence-electron chi connectivity index (χ3n) is 3.52. The first-order chi connectivity index (χ1) is 9.38. The standard InChI is InChI=1S/C15H34N2O3/c1-6-19-10-8-17(9-11-20-7-2)13(12-18)14(16)15(3,4)5/h13-14,18H,6-12,16H2,1-5H3. The summed E-state index contributed by atoms with van der Waals surface area (Å²) < 4.78 is 10.9. The molecule has 2 atom stereocenters. The minimum Gasteiger partial charge on any atom is -0.395 e. The smallest absolute Gasteiger partial charge is 0.0602 e. The molecule has 0 aromatic carbocycles. The third kappa shape index (κ3) is 7.55. The van der Waals surface area contributed by atoms with Crippen molar-refractivity contribution in [3.05, 3.63) is 0 Å². The van der Waals surface area contributed by atoms with Crippen LogP contribution in [0.25, 0.3) is 0 Å². The van der Waals surface area contributed by atoms with Crippen LogP contribution in [0.2, 0.25) is 0 Å². The lowest BCUT2D eigenvalue weighted by Crippen LogP contribution is -2.56. The van der Waals surface area contributed by atoms with E-state index in [1.54, 1.807) is 0 Å². The summed E-state index contributed by atoms with van der Waals surface area (Å²) in [6, 6.07) is -0.174. The van der Waals surface area contributed by atoms with E-state index in [0.717, 1.165) is 13.1 Å². The van der Waals surface area contributed by atoms with Crippen LogP contribution in [0.4, 0.5) is 0 Å². The number of aliphatic hydroxyl groups excluding tert-OH is 1. The number of aliphatic hydroxyl groups is 1. The maximum atomic E-state index is 9.74. The van der Waals surface area contributed by atoms with Gasteiger partial charge in [-0.2, -0.15) is 0 Å². The van der Waals surface area contributed by atoms with Crippen molar-refractivity contribution in [1.82, 2.24) is 4.90 Å². The highest BCUT2D eigenvalue weighted by atomic mass is 16.5. The molecule has 0 aliphatic rings. The molecule has 0 spiro atoms.